The second-order valence-corrected chi connectivity index (χ2v) is 7.43. The number of aliphatic carboxylic acids is 1. The van der Waals surface area contributed by atoms with Crippen LogP contribution in [0.25, 0.3) is 0 Å². The van der Waals surface area contributed by atoms with Crippen molar-refractivity contribution in [1.82, 2.24) is 0 Å². The molecule has 0 amide bonds. The van der Waals surface area contributed by atoms with E-state index in [1.807, 2.05) is 20.8 Å². The highest BCUT2D eigenvalue weighted by Crippen LogP contribution is 2.35. The molecule has 0 aliphatic carbocycles. The lowest BCUT2D eigenvalue weighted by molar-refractivity contribution is -0.137. The Kier molecular flexibility index (Phi) is 5.01. The number of sulfonamides is 1. The van der Waals surface area contributed by atoms with Crippen LogP contribution in [0.5, 0.6) is 5.75 Å². The largest absolute Gasteiger partial charge is 0.493 e. The number of nitrogens with two attached hydrogens (primary N) is 1. The van der Waals surface area contributed by atoms with Gasteiger partial charge in [-0.05, 0) is 30.0 Å². The van der Waals surface area contributed by atoms with Gasteiger partial charge in [0.05, 0.1) is 17.9 Å². The third-order valence-electron chi connectivity index (χ3n) is 2.97. The third kappa shape index (κ3) is 4.71. The summed E-state index contributed by atoms with van der Waals surface area (Å²) in [5, 5.41) is 13.9. The number of primary sulfonamides is 1. The summed E-state index contributed by atoms with van der Waals surface area (Å²) in [6, 6.07) is 3.09. The van der Waals surface area contributed by atoms with Gasteiger partial charge in [-0.15, -0.1) is 0 Å². The van der Waals surface area contributed by atoms with Crippen LogP contribution in [0, 0.1) is 6.92 Å². The van der Waals surface area contributed by atoms with E-state index in [4.69, 9.17) is 15.0 Å². The summed E-state index contributed by atoms with van der Waals surface area (Å²) in [6.45, 7) is 7.38. The van der Waals surface area contributed by atoms with Gasteiger partial charge < -0.3 is 9.84 Å². The highest BCUT2D eigenvalue weighted by Gasteiger charge is 2.24. The Labute approximate surface area is 125 Å². The molecule has 118 valence electrons. The standard InChI is InChI=1S/C14H21NO5S/c1-9-7-11(20-6-5-13(16)17)10(14(2,3)4)8-12(9)21(15,18)19/h7-8H,5-6H2,1-4H3,(H,16,17)(H2,15,18,19). The van der Waals surface area contributed by atoms with Gasteiger partial charge in [-0.1, -0.05) is 20.8 Å². The molecule has 0 atom stereocenters. The maximum atomic E-state index is 11.6. The Balaban J connectivity index is 3.30. The van der Waals surface area contributed by atoms with Crippen molar-refractivity contribution in [3.8, 4) is 5.75 Å². The van der Waals surface area contributed by atoms with Crippen LogP contribution >= 0.6 is 0 Å². The minimum absolute atomic E-state index is 0.0204. The Morgan fingerprint density at radius 3 is 2.33 bits per heavy atom. The van der Waals surface area contributed by atoms with Crippen molar-refractivity contribution in [3.63, 3.8) is 0 Å². The molecule has 0 heterocycles. The highest BCUT2D eigenvalue weighted by atomic mass is 32.2. The zero-order chi connectivity index (χ0) is 16.4. The average Bonchev–Trinajstić information content (AvgIpc) is 2.24. The first-order valence-electron chi connectivity index (χ1n) is 6.45. The Hall–Kier alpha value is -1.60. The van der Waals surface area contributed by atoms with Crippen LogP contribution in [0.2, 0.25) is 0 Å². The fraction of sp³-hybridized carbons (Fsp3) is 0.500. The normalized spacial score (nSPS) is 12.2. The molecule has 0 bridgehead atoms. The molecule has 0 saturated heterocycles. The van der Waals surface area contributed by atoms with Crippen LogP contribution in [0.15, 0.2) is 17.0 Å². The second-order valence-electron chi connectivity index (χ2n) is 5.90. The topological polar surface area (TPSA) is 107 Å². The predicted octanol–water partition coefficient (Wildman–Crippen LogP) is 1.79. The molecule has 0 saturated carbocycles. The van der Waals surface area contributed by atoms with E-state index in [0.717, 1.165) is 0 Å². The van der Waals surface area contributed by atoms with Crippen molar-refractivity contribution in [2.75, 3.05) is 6.61 Å². The van der Waals surface area contributed by atoms with E-state index in [2.05, 4.69) is 0 Å². The summed E-state index contributed by atoms with van der Waals surface area (Å²) in [5.74, 6) is -0.473. The predicted molar refractivity (Wildman–Crippen MR) is 79.0 cm³/mol. The third-order valence-corrected chi connectivity index (χ3v) is 4.02. The van der Waals surface area contributed by atoms with Gasteiger partial charge in [0, 0.05) is 5.56 Å². The average molecular weight is 315 g/mol. The molecule has 0 aliphatic heterocycles. The summed E-state index contributed by atoms with van der Waals surface area (Å²) >= 11 is 0. The van der Waals surface area contributed by atoms with E-state index in [-0.39, 0.29) is 23.3 Å². The molecule has 0 unspecified atom stereocenters. The quantitative estimate of drug-likeness (QED) is 0.861. The number of carboxylic acid groups (broad SMARTS) is 1. The number of carboxylic acids is 1. The number of benzene rings is 1. The first-order chi connectivity index (χ1) is 9.43. The molecular formula is C14H21NO5S. The van der Waals surface area contributed by atoms with E-state index in [1.54, 1.807) is 13.0 Å². The van der Waals surface area contributed by atoms with Gasteiger partial charge in [0.2, 0.25) is 10.0 Å². The summed E-state index contributed by atoms with van der Waals surface area (Å²) < 4.78 is 28.7. The van der Waals surface area contributed by atoms with Crippen molar-refractivity contribution < 1.29 is 23.1 Å². The zero-order valence-corrected chi connectivity index (χ0v) is 13.5. The van der Waals surface area contributed by atoms with Gasteiger partial charge in [0.1, 0.15) is 5.75 Å². The first kappa shape index (κ1) is 17.5. The summed E-state index contributed by atoms with van der Waals surface area (Å²) in [7, 11) is -3.82. The summed E-state index contributed by atoms with van der Waals surface area (Å²) in [4.78, 5) is 10.6. The van der Waals surface area contributed by atoms with Crippen molar-refractivity contribution in [3.05, 3.63) is 23.3 Å². The molecule has 6 nitrogen and oxygen atoms in total. The molecule has 1 aromatic carbocycles. The van der Waals surface area contributed by atoms with Crippen LogP contribution in [0.1, 0.15) is 38.3 Å². The molecule has 0 radical (unpaired) electrons. The molecule has 0 aromatic heterocycles. The molecule has 1 rings (SSSR count). The Morgan fingerprint density at radius 1 is 1.33 bits per heavy atom. The van der Waals surface area contributed by atoms with Gasteiger partial charge >= 0.3 is 5.97 Å². The van der Waals surface area contributed by atoms with E-state index >= 15 is 0 Å². The smallest absolute Gasteiger partial charge is 0.306 e. The lowest BCUT2D eigenvalue weighted by Crippen LogP contribution is -2.19. The molecular weight excluding hydrogens is 294 g/mol. The van der Waals surface area contributed by atoms with E-state index in [0.29, 0.717) is 16.9 Å². The monoisotopic (exact) mass is 315 g/mol. The Morgan fingerprint density at radius 2 is 1.90 bits per heavy atom. The first-order valence-corrected chi connectivity index (χ1v) is 8.00. The van der Waals surface area contributed by atoms with Gasteiger partial charge in [-0.25, -0.2) is 13.6 Å². The lowest BCUT2D eigenvalue weighted by Gasteiger charge is -2.24. The highest BCUT2D eigenvalue weighted by molar-refractivity contribution is 7.89. The lowest BCUT2D eigenvalue weighted by atomic mass is 9.86. The maximum absolute atomic E-state index is 11.6. The molecule has 0 aliphatic rings. The van der Waals surface area contributed by atoms with E-state index in [1.165, 1.54) is 6.07 Å². The number of aryl methyl sites for hydroxylation is 1. The van der Waals surface area contributed by atoms with Crippen molar-refractivity contribution >= 4 is 16.0 Å². The number of hydrogen-bond acceptors (Lipinski definition) is 4. The van der Waals surface area contributed by atoms with Crippen molar-refractivity contribution in [2.24, 2.45) is 5.14 Å². The molecule has 21 heavy (non-hydrogen) atoms. The number of rotatable bonds is 5. The van der Waals surface area contributed by atoms with Crippen LogP contribution in [-0.4, -0.2) is 26.1 Å². The van der Waals surface area contributed by atoms with Crippen molar-refractivity contribution in [1.29, 1.82) is 0 Å². The molecule has 7 heteroatoms. The Bertz CT molecular complexity index is 644. The number of ether oxygens (including phenoxy) is 1. The summed E-state index contributed by atoms with van der Waals surface area (Å²) in [5.41, 5.74) is 0.768. The van der Waals surface area contributed by atoms with E-state index < -0.39 is 16.0 Å². The maximum Gasteiger partial charge on any atom is 0.306 e. The van der Waals surface area contributed by atoms with Crippen molar-refractivity contribution in [2.45, 2.75) is 44.4 Å². The fourth-order valence-electron chi connectivity index (χ4n) is 1.92. The van der Waals surface area contributed by atoms with Gasteiger partial charge in [0.15, 0.2) is 0 Å². The van der Waals surface area contributed by atoms with Gasteiger partial charge in [-0.3, -0.25) is 4.79 Å². The SMILES string of the molecule is Cc1cc(OCCC(=O)O)c(C(C)(C)C)cc1S(N)(=O)=O. The fourth-order valence-corrected chi connectivity index (χ4v) is 2.71. The second kappa shape index (κ2) is 6.03. The van der Waals surface area contributed by atoms with Crippen LogP contribution in [0.4, 0.5) is 0 Å². The molecule has 0 spiro atoms. The number of carbonyl (C=O) groups is 1. The number of hydrogen-bond donors (Lipinski definition) is 2. The van der Waals surface area contributed by atoms with Crippen LogP contribution in [-0.2, 0) is 20.2 Å². The van der Waals surface area contributed by atoms with E-state index in [9.17, 15) is 13.2 Å². The molecule has 1 aromatic rings. The van der Waals surface area contributed by atoms with Crippen LogP contribution < -0.4 is 9.88 Å². The van der Waals surface area contributed by atoms with Gasteiger partial charge in [-0.2, -0.15) is 0 Å². The zero-order valence-electron chi connectivity index (χ0n) is 12.6. The molecule has 3 N–H and O–H groups in total. The summed E-state index contributed by atoms with van der Waals surface area (Å²) in [6.07, 6.45) is -0.125. The minimum atomic E-state index is -3.82. The molecule has 0 fully saturated rings. The minimum Gasteiger partial charge on any atom is -0.493 e. The van der Waals surface area contributed by atoms with Crippen LogP contribution in [0.3, 0.4) is 0 Å². The van der Waals surface area contributed by atoms with Gasteiger partial charge in [0.25, 0.3) is 0 Å².